The molecule has 4 nitrogen and oxygen atoms in total. The van der Waals surface area contributed by atoms with Crippen LogP contribution in [0.5, 0.6) is 5.75 Å². The Balaban J connectivity index is 2.10. The molecule has 0 heterocycles. The molecule has 0 aliphatic carbocycles. The van der Waals surface area contributed by atoms with Crippen LogP contribution in [0.4, 0.5) is 15.8 Å². The lowest BCUT2D eigenvalue weighted by atomic mass is 10.2. The van der Waals surface area contributed by atoms with Gasteiger partial charge in [0.15, 0.2) is 0 Å². The van der Waals surface area contributed by atoms with Crippen LogP contribution in [0.15, 0.2) is 42.5 Å². The van der Waals surface area contributed by atoms with Crippen molar-refractivity contribution in [1.82, 2.24) is 0 Å². The zero-order valence-corrected chi connectivity index (χ0v) is 13.7. The lowest BCUT2D eigenvalue weighted by Crippen LogP contribution is -2.33. The molecule has 1 amide bonds. The largest absolute Gasteiger partial charge is 0.495 e. The molecule has 0 saturated heterocycles. The van der Waals surface area contributed by atoms with Crippen LogP contribution in [0.25, 0.3) is 0 Å². The van der Waals surface area contributed by atoms with Gasteiger partial charge in [-0.15, -0.1) is 0 Å². The summed E-state index contributed by atoms with van der Waals surface area (Å²) < 4.78 is 18.5. The molecule has 0 unspecified atom stereocenters. The molecule has 0 bridgehead atoms. The minimum Gasteiger partial charge on any atom is -0.495 e. The third-order valence-electron chi connectivity index (χ3n) is 3.33. The number of nitrogens with one attached hydrogen (secondary N) is 1. The number of carbonyl (C=O) groups is 1. The van der Waals surface area contributed by atoms with Gasteiger partial charge in [0.05, 0.1) is 19.3 Å². The van der Waals surface area contributed by atoms with E-state index in [0.29, 0.717) is 28.7 Å². The van der Waals surface area contributed by atoms with E-state index < -0.39 is 0 Å². The van der Waals surface area contributed by atoms with Crippen molar-refractivity contribution in [2.75, 3.05) is 30.4 Å². The molecule has 2 aromatic rings. The molecule has 1 N–H and O–H groups in total. The van der Waals surface area contributed by atoms with Crippen molar-refractivity contribution in [3.8, 4) is 5.75 Å². The highest BCUT2D eigenvalue weighted by atomic mass is 35.5. The molecule has 23 heavy (non-hydrogen) atoms. The van der Waals surface area contributed by atoms with Crippen molar-refractivity contribution in [2.24, 2.45) is 0 Å². The van der Waals surface area contributed by atoms with Crippen LogP contribution in [0.2, 0.25) is 5.02 Å². The second kappa shape index (κ2) is 7.83. The number of hydrogen-bond acceptors (Lipinski definition) is 3. The normalized spacial score (nSPS) is 10.3. The minimum absolute atomic E-state index is 0.0929. The molecular weight excluding hydrogens is 319 g/mol. The Morgan fingerprint density at radius 1 is 1.30 bits per heavy atom. The Kier molecular flexibility index (Phi) is 5.82. The number of likely N-dealkylation sites (N-methyl/N-ethyl adjacent to an activating group) is 1. The van der Waals surface area contributed by atoms with Gasteiger partial charge in [-0.2, -0.15) is 0 Å². The number of amides is 1. The molecule has 0 spiro atoms. The van der Waals surface area contributed by atoms with E-state index in [9.17, 15) is 9.18 Å². The van der Waals surface area contributed by atoms with Gasteiger partial charge in [-0.3, -0.25) is 4.79 Å². The van der Waals surface area contributed by atoms with Crippen LogP contribution in [0, 0.1) is 5.82 Å². The molecule has 0 aromatic heterocycles. The summed E-state index contributed by atoms with van der Waals surface area (Å²) in [5, 5.41) is 3.27. The minimum atomic E-state index is -0.335. The topological polar surface area (TPSA) is 41.6 Å². The van der Waals surface area contributed by atoms with E-state index in [1.807, 2.05) is 6.92 Å². The Morgan fingerprint density at radius 3 is 2.74 bits per heavy atom. The van der Waals surface area contributed by atoms with E-state index in [1.54, 1.807) is 35.2 Å². The van der Waals surface area contributed by atoms with Gasteiger partial charge in [0, 0.05) is 17.3 Å². The lowest BCUT2D eigenvalue weighted by molar-refractivity contribution is -0.115. The maximum Gasteiger partial charge on any atom is 0.243 e. The van der Waals surface area contributed by atoms with E-state index in [2.05, 4.69) is 5.32 Å². The smallest absolute Gasteiger partial charge is 0.243 e. The van der Waals surface area contributed by atoms with E-state index in [-0.39, 0.29) is 18.3 Å². The van der Waals surface area contributed by atoms with E-state index in [1.165, 1.54) is 19.2 Å². The van der Waals surface area contributed by atoms with Gasteiger partial charge < -0.3 is 15.0 Å². The van der Waals surface area contributed by atoms with Crippen molar-refractivity contribution in [1.29, 1.82) is 0 Å². The monoisotopic (exact) mass is 336 g/mol. The van der Waals surface area contributed by atoms with Crippen LogP contribution in [-0.4, -0.2) is 26.1 Å². The van der Waals surface area contributed by atoms with Crippen molar-refractivity contribution < 1.29 is 13.9 Å². The first-order valence-electron chi connectivity index (χ1n) is 7.17. The number of carbonyl (C=O) groups excluding carboxylic acids is 1. The average molecular weight is 337 g/mol. The van der Waals surface area contributed by atoms with Crippen molar-refractivity contribution in [3.63, 3.8) is 0 Å². The molecule has 122 valence electrons. The fourth-order valence-electron chi connectivity index (χ4n) is 2.20. The molecule has 0 atom stereocenters. The number of nitrogens with zero attached hydrogens (tertiary/aromatic N) is 1. The summed E-state index contributed by atoms with van der Waals surface area (Å²) >= 11 is 5.94. The van der Waals surface area contributed by atoms with Crippen LogP contribution in [-0.2, 0) is 4.79 Å². The first kappa shape index (κ1) is 17.1. The van der Waals surface area contributed by atoms with Crippen LogP contribution < -0.4 is 15.0 Å². The second-order valence-electron chi connectivity index (χ2n) is 4.89. The predicted molar refractivity (Wildman–Crippen MR) is 90.9 cm³/mol. The van der Waals surface area contributed by atoms with Gasteiger partial charge >= 0.3 is 0 Å². The summed E-state index contributed by atoms with van der Waals surface area (Å²) in [5.41, 5.74) is 1.15. The maximum absolute atomic E-state index is 13.3. The van der Waals surface area contributed by atoms with Crippen LogP contribution >= 0.6 is 11.6 Å². The molecule has 0 aliphatic heterocycles. The molecule has 0 saturated carbocycles. The highest BCUT2D eigenvalue weighted by Gasteiger charge is 2.13. The highest BCUT2D eigenvalue weighted by Crippen LogP contribution is 2.27. The zero-order valence-electron chi connectivity index (χ0n) is 13.0. The second-order valence-corrected chi connectivity index (χ2v) is 5.32. The summed E-state index contributed by atoms with van der Waals surface area (Å²) in [4.78, 5) is 14.0. The average Bonchev–Trinajstić information content (AvgIpc) is 2.53. The Morgan fingerprint density at radius 2 is 2.09 bits per heavy atom. The fraction of sp³-hybridized carbons (Fsp3) is 0.235. The lowest BCUT2D eigenvalue weighted by Gasteiger charge is -2.22. The Bertz CT molecular complexity index is 694. The number of rotatable bonds is 6. The van der Waals surface area contributed by atoms with Gasteiger partial charge in [0.25, 0.3) is 0 Å². The zero-order chi connectivity index (χ0) is 16.8. The number of methoxy groups -OCH3 is 1. The van der Waals surface area contributed by atoms with Gasteiger partial charge in [0.2, 0.25) is 5.91 Å². The molecule has 2 aromatic carbocycles. The van der Waals surface area contributed by atoms with Crippen molar-refractivity contribution >= 4 is 28.9 Å². The van der Waals surface area contributed by atoms with E-state index in [4.69, 9.17) is 16.3 Å². The Hall–Kier alpha value is -2.27. The molecular formula is C17H18ClFN2O2. The SMILES string of the molecule is CCN(CC(=O)Nc1cc(Cl)ccc1OC)c1cccc(F)c1. The first-order valence-corrected chi connectivity index (χ1v) is 7.55. The first-order chi connectivity index (χ1) is 11.0. The summed E-state index contributed by atoms with van der Waals surface area (Å²) in [5.74, 6) is -0.0499. The van der Waals surface area contributed by atoms with Gasteiger partial charge in [-0.1, -0.05) is 17.7 Å². The third-order valence-corrected chi connectivity index (χ3v) is 3.56. The predicted octanol–water partition coefficient (Wildman–Crippen LogP) is 3.95. The summed E-state index contributed by atoms with van der Waals surface area (Å²) in [6.07, 6.45) is 0. The number of benzene rings is 2. The quantitative estimate of drug-likeness (QED) is 0.868. The number of ether oxygens (including phenoxy) is 1. The summed E-state index contributed by atoms with van der Waals surface area (Å²) in [6, 6.07) is 11.1. The van der Waals surface area contributed by atoms with E-state index >= 15 is 0 Å². The van der Waals surface area contributed by atoms with Gasteiger partial charge in [0.1, 0.15) is 11.6 Å². The van der Waals surface area contributed by atoms with Crippen LogP contribution in [0.1, 0.15) is 6.92 Å². The highest BCUT2D eigenvalue weighted by molar-refractivity contribution is 6.31. The number of anilines is 2. The molecule has 0 aliphatic rings. The van der Waals surface area contributed by atoms with Gasteiger partial charge in [-0.25, -0.2) is 4.39 Å². The third kappa shape index (κ3) is 4.60. The Labute approximate surface area is 139 Å². The van der Waals surface area contributed by atoms with Crippen molar-refractivity contribution in [2.45, 2.75) is 6.92 Å². The van der Waals surface area contributed by atoms with Crippen LogP contribution in [0.3, 0.4) is 0 Å². The summed E-state index contributed by atoms with van der Waals surface area (Å²) in [6.45, 7) is 2.57. The molecule has 0 radical (unpaired) electrons. The molecule has 0 fully saturated rings. The summed E-state index contributed by atoms with van der Waals surface area (Å²) in [7, 11) is 1.52. The molecule has 6 heteroatoms. The van der Waals surface area contributed by atoms with E-state index in [0.717, 1.165) is 0 Å². The maximum atomic E-state index is 13.3. The standard InChI is InChI=1S/C17H18ClFN2O2/c1-3-21(14-6-4-5-13(19)10-14)11-17(22)20-15-9-12(18)7-8-16(15)23-2/h4-10H,3,11H2,1-2H3,(H,20,22). The number of hydrogen-bond donors (Lipinski definition) is 1. The fourth-order valence-corrected chi connectivity index (χ4v) is 2.37. The van der Waals surface area contributed by atoms with Gasteiger partial charge in [-0.05, 0) is 43.3 Å². The molecule has 2 rings (SSSR count). The number of halogens is 2. The van der Waals surface area contributed by atoms with Crippen molar-refractivity contribution in [3.05, 3.63) is 53.3 Å².